The van der Waals surface area contributed by atoms with Crippen LogP contribution in [0, 0.1) is 16.7 Å². The van der Waals surface area contributed by atoms with Gasteiger partial charge in [0, 0.05) is 0 Å². The van der Waals surface area contributed by atoms with Gasteiger partial charge in [-0.05, 0) is 25.7 Å². The predicted molar refractivity (Wildman–Crippen MR) is 44.5 cm³/mol. The lowest BCUT2D eigenvalue weighted by Gasteiger charge is -2.15. The van der Waals surface area contributed by atoms with E-state index in [-0.39, 0.29) is 18.1 Å². The predicted octanol–water partition coefficient (Wildman–Crippen LogP) is -0.0687. The standard InChI is InChI=1S/C9H12N2O2/c10-5-8(1-2-8)7(13)11-9(6-12)3-4-9/h12H,1-4,6H2,(H,11,13). The van der Waals surface area contributed by atoms with Crippen LogP contribution in [-0.2, 0) is 4.79 Å². The zero-order valence-electron chi connectivity index (χ0n) is 7.34. The van der Waals surface area contributed by atoms with Crippen LogP contribution in [0.15, 0.2) is 0 Å². The Morgan fingerprint density at radius 1 is 1.46 bits per heavy atom. The second-order valence-electron chi connectivity index (χ2n) is 4.09. The molecule has 0 saturated heterocycles. The van der Waals surface area contributed by atoms with Crippen LogP contribution in [0.2, 0.25) is 0 Å². The summed E-state index contributed by atoms with van der Waals surface area (Å²) in [6.07, 6.45) is 2.99. The number of carbonyl (C=O) groups excluding carboxylic acids is 1. The first-order chi connectivity index (χ1) is 6.16. The Morgan fingerprint density at radius 2 is 2.08 bits per heavy atom. The lowest BCUT2D eigenvalue weighted by Crippen LogP contribution is -2.43. The molecule has 0 heterocycles. The van der Waals surface area contributed by atoms with E-state index in [2.05, 4.69) is 5.32 Å². The summed E-state index contributed by atoms with van der Waals surface area (Å²) in [6, 6.07) is 2.03. The van der Waals surface area contributed by atoms with Gasteiger partial charge < -0.3 is 10.4 Å². The fourth-order valence-electron chi connectivity index (χ4n) is 1.35. The van der Waals surface area contributed by atoms with Gasteiger partial charge in [0.05, 0.1) is 18.2 Å². The maximum absolute atomic E-state index is 11.5. The van der Waals surface area contributed by atoms with Crippen molar-refractivity contribution in [2.24, 2.45) is 5.41 Å². The van der Waals surface area contributed by atoms with Gasteiger partial charge in [-0.15, -0.1) is 0 Å². The van der Waals surface area contributed by atoms with Crippen molar-refractivity contribution in [3.05, 3.63) is 0 Å². The molecule has 0 atom stereocenters. The number of amides is 1. The van der Waals surface area contributed by atoms with Crippen molar-refractivity contribution in [2.45, 2.75) is 31.2 Å². The second kappa shape index (κ2) is 2.46. The molecule has 70 valence electrons. The molecule has 0 spiro atoms. The number of aliphatic hydroxyl groups excluding tert-OH is 1. The van der Waals surface area contributed by atoms with Crippen LogP contribution in [0.3, 0.4) is 0 Å². The molecule has 4 heteroatoms. The molecule has 0 aliphatic heterocycles. The van der Waals surface area contributed by atoms with Crippen LogP contribution in [-0.4, -0.2) is 23.2 Å². The van der Waals surface area contributed by atoms with Crippen LogP contribution in [0.5, 0.6) is 0 Å². The highest BCUT2D eigenvalue weighted by Crippen LogP contribution is 2.46. The molecule has 1 amide bonds. The first-order valence-electron chi connectivity index (χ1n) is 4.51. The number of rotatable bonds is 3. The van der Waals surface area contributed by atoms with E-state index in [1.807, 2.05) is 6.07 Å². The van der Waals surface area contributed by atoms with Crippen molar-refractivity contribution in [3.8, 4) is 6.07 Å². The molecule has 0 aromatic heterocycles. The second-order valence-corrected chi connectivity index (χ2v) is 4.09. The largest absolute Gasteiger partial charge is 0.394 e. The van der Waals surface area contributed by atoms with E-state index >= 15 is 0 Å². The first-order valence-corrected chi connectivity index (χ1v) is 4.51. The molecule has 2 N–H and O–H groups in total. The minimum atomic E-state index is -0.759. The molecule has 2 saturated carbocycles. The van der Waals surface area contributed by atoms with Gasteiger partial charge in [-0.2, -0.15) is 5.26 Å². The molecule has 0 bridgehead atoms. The molecule has 4 nitrogen and oxygen atoms in total. The fraction of sp³-hybridized carbons (Fsp3) is 0.778. The van der Waals surface area contributed by atoms with E-state index in [0.29, 0.717) is 12.8 Å². The summed E-state index contributed by atoms with van der Waals surface area (Å²) in [6.45, 7) is -0.0136. The summed E-state index contributed by atoms with van der Waals surface area (Å²) >= 11 is 0. The van der Waals surface area contributed by atoms with Crippen LogP contribution in [0.25, 0.3) is 0 Å². The molecular weight excluding hydrogens is 168 g/mol. The normalized spacial score (nSPS) is 25.8. The molecule has 2 fully saturated rings. The van der Waals surface area contributed by atoms with Gasteiger partial charge in [-0.3, -0.25) is 4.79 Å². The van der Waals surface area contributed by atoms with E-state index in [1.165, 1.54) is 0 Å². The summed E-state index contributed by atoms with van der Waals surface area (Å²) in [5.41, 5.74) is -1.14. The fourth-order valence-corrected chi connectivity index (χ4v) is 1.35. The number of hydrogen-bond acceptors (Lipinski definition) is 3. The van der Waals surface area contributed by atoms with Gasteiger partial charge in [0.1, 0.15) is 5.41 Å². The van der Waals surface area contributed by atoms with E-state index in [1.54, 1.807) is 0 Å². The summed E-state index contributed by atoms with van der Waals surface area (Å²) in [7, 11) is 0. The maximum Gasteiger partial charge on any atom is 0.240 e. The molecular formula is C9H12N2O2. The number of nitrogens with one attached hydrogen (secondary N) is 1. The minimum Gasteiger partial charge on any atom is -0.394 e. The molecule has 2 aliphatic carbocycles. The maximum atomic E-state index is 11.5. The third-order valence-electron chi connectivity index (χ3n) is 2.93. The summed E-state index contributed by atoms with van der Waals surface area (Å²) < 4.78 is 0. The number of nitriles is 1. The first kappa shape index (κ1) is 8.52. The van der Waals surface area contributed by atoms with Crippen molar-refractivity contribution in [2.75, 3.05) is 6.61 Å². The average molecular weight is 180 g/mol. The minimum absolute atomic E-state index is 0.0136. The zero-order chi connectivity index (χ0) is 9.53. The molecule has 0 unspecified atom stereocenters. The Balaban J connectivity index is 1.97. The third kappa shape index (κ3) is 1.29. The van der Waals surface area contributed by atoms with Crippen molar-refractivity contribution in [3.63, 3.8) is 0 Å². The Labute approximate surface area is 76.5 Å². The van der Waals surface area contributed by atoms with Gasteiger partial charge in [-0.1, -0.05) is 0 Å². The molecule has 0 aromatic rings. The highest BCUT2D eigenvalue weighted by molar-refractivity contribution is 5.89. The molecule has 0 aromatic carbocycles. The van der Waals surface area contributed by atoms with Gasteiger partial charge in [0.15, 0.2) is 0 Å². The Bertz CT molecular complexity index is 284. The van der Waals surface area contributed by atoms with E-state index < -0.39 is 5.41 Å². The quantitative estimate of drug-likeness (QED) is 0.638. The lowest BCUT2D eigenvalue weighted by atomic mass is 10.1. The van der Waals surface area contributed by atoms with Crippen molar-refractivity contribution in [1.29, 1.82) is 5.26 Å². The Morgan fingerprint density at radius 3 is 2.38 bits per heavy atom. The molecule has 0 radical (unpaired) electrons. The van der Waals surface area contributed by atoms with Crippen LogP contribution in [0.1, 0.15) is 25.7 Å². The SMILES string of the molecule is N#CC1(C(=O)NC2(CO)CC2)CC1. The number of carbonyl (C=O) groups is 1. The van der Waals surface area contributed by atoms with E-state index in [0.717, 1.165) is 12.8 Å². The summed E-state index contributed by atoms with van der Waals surface area (Å²) in [5.74, 6) is -0.193. The smallest absolute Gasteiger partial charge is 0.240 e. The monoisotopic (exact) mass is 180 g/mol. The van der Waals surface area contributed by atoms with Gasteiger partial charge >= 0.3 is 0 Å². The molecule has 2 rings (SSSR count). The summed E-state index contributed by atoms with van der Waals surface area (Å²) in [4.78, 5) is 11.5. The van der Waals surface area contributed by atoms with Crippen LogP contribution in [0.4, 0.5) is 0 Å². The Kier molecular flexibility index (Phi) is 1.61. The average Bonchev–Trinajstić information content (AvgIpc) is 3.01. The number of aliphatic hydroxyl groups is 1. The highest BCUT2D eigenvalue weighted by atomic mass is 16.3. The topological polar surface area (TPSA) is 73.1 Å². The van der Waals surface area contributed by atoms with Crippen LogP contribution < -0.4 is 5.32 Å². The molecule has 2 aliphatic rings. The van der Waals surface area contributed by atoms with Crippen molar-refractivity contribution in [1.82, 2.24) is 5.32 Å². The van der Waals surface area contributed by atoms with Crippen molar-refractivity contribution < 1.29 is 9.90 Å². The lowest BCUT2D eigenvalue weighted by molar-refractivity contribution is -0.125. The molecule has 13 heavy (non-hydrogen) atoms. The highest BCUT2D eigenvalue weighted by Gasteiger charge is 2.54. The van der Waals surface area contributed by atoms with E-state index in [9.17, 15) is 4.79 Å². The van der Waals surface area contributed by atoms with Gasteiger partial charge in [0.2, 0.25) is 5.91 Å². The van der Waals surface area contributed by atoms with E-state index in [4.69, 9.17) is 10.4 Å². The number of hydrogen-bond donors (Lipinski definition) is 2. The van der Waals surface area contributed by atoms with Gasteiger partial charge in [-0.25, -0.2) is 0 Å². The Hall–Kier alpha value is -1.08. The van der Waals surface area contributed by atoms with Gasteiger partial charge in [0.25, 0.3) is 0 Å². The summed E-state index contributed by atoms with van der Waals surface area (Å²) in [5, 5.41) is 20.5. The van der Waals surface area contributed by atoms with Crippen LogP contribution >= 0.6 is 0 Å². The van der Waals surface area contributed by atoms with Crippen molar-refractivity contribution >= 4 is 5.91 Å². The number of nitrogens with zero attached hydrogens (tertiary/aromatic N) is 1. The zero-order valence-corrected chi connectivity index (χ0v) is 7.34. The third-order valence-corrected chi connectivity index (χ3v) is 2.93.